The number of benzene rings is 1. The summed E-state index contributed by atoms with van der Waals surface area (Å²) in [5, 5.41) is 11.5. The maximum Gasteiger partial charge on any atom is 0.306 e. The van der Waals surface area contributed by atoms with Crippen LogP contribution in [0.4, 0.5) is 0 Å². The molecule has 240 valence electrons. The first-order valence-corrected chi connectivity index (χ1v) is 15.3. The fourth-order valence-corrected chi connectivity index (χ4v) is 7.52. The van der Waals surface area contributed by atoms with Gasteiger partial charge in [0.2, 0.25) is 0 Å². The molecule has 1 saturated carbocycles. The Morgan fingerprint density at radius 2 is 1.77 bits per heavy atom. The third kappa shape index (κ3) is 6.24. The molecule has 0 spiro atoms. The van der Waals surface area contributed by atoms with Gasteiger partial charge in [0.1, 0.15) is 18.5 Å². The third-order valence-electron chi connectivity index (χ3n) is 9.88. The fraction of sp³-hybridized carbons (Fsp3) is 0.618. The zero-order valence-electron chi connectivity index (χ0n) is 26.4. The molecular weight excluding hydrogens is 568 g/mol. The number of hydrogen-bond acceptors (Lipinski definition) is 10. The number of esters is 3. The van der Waals surface area contributed by atoms with E-state index in [2.05, 4.69) is 0 Å². The number of ether oxygens (including phenoxy) is 4. The van der Waals surface area contributed by atoms with Gasteiger partial charge in [-0.15, -0.1) is 0 Å². The van der Waals surface area contributed by atoms with Gasteiger partial charge in [-0.1, -0.05) is 44.2 Å². The molecule has 1 N–H and O–H groups in total. The van der Waals surface area contributed by atoms with Crippen LogP contribution in [0.1, 0.15) is 79.2 Å². The number of aryl methyl sites for hydroxylation is 1. The van der Waals surface area contributed by atoms with Gasteiger partial charge in [-0.2, -0.15) is 0 Å². The number of carbonyl (C=O) groups excluding carboxylic acids is 5. The molecule has 1 unspecified atom stereocenters. The average molecular weight is 613 g/mol. The van der Waals surface area contributed by atoms with Gasteiger partial charge >= 0.3 is 17.9 Å². The Bertz CT molecular complexity index is 1320. The molecule has 1 heterocycles. The normalized spacial score (nSPS) is 31.5. The first-order chi connectivity index (χ1) is 20.7. The first-order valence-electron chi connectivity index (χ1n) is 15.3. The Kier molecular flexibility index (Phi) is 9.85. The van der Waals surface area contributed by atoms with Crippen LogP contribution in [-0.4, -0.2) is 71.7 Å². The van der Waals surface area contributed by atoms with Crippen LogP contribution in [-0.2, 0) is 49.3 Å². The molecule has 3 aliphatic rings. The van der Waals surface area contributed by atoms with Gasteiger partial charge in [0.05, 0.1) is 18.1 Å². The number of hydrogen-bond donors (Lipinski definition) is 1. The van der Waals surface area contributed by atoms with Gasteiger partial charge in [-0.3, -0.25) is 19.2 Å². The van der Waals surface area contributed by atoms with Crippen LogP contribution in [0, 0.1) is 16.7 Å². The lowest BCUT2D eigenvalue weighted by Gasteiger charge is -2.61. The van der Waals surface area contributed by atoms with E-state index in [1.54, 1.807) is 6.92 Å². The van der Waals surface area contributed by atoms with Crippen LogP contribution >= 0.6 is 0 Å². The molecule has 10 heteroatoms. The molecule has 44 heavy (non-hydrogen) atoms. The zero-order valence-corrected chi connectivity index (χ0v) is 26.4. The number of aliphatic hydroxyl groups excluding tert-OH is 1. The molecular formula is C34H44O10. The van der Waals surface area contributed by atoms with Crippen molar-refractivity contribution in [2.75, 3.05) is 6.61 Å². The molecule has 1 saturated heterocycles. The highest BCUT2D eigenvalue weighted by atomic mass is 16.6. The first kappa shape index (κ1) is 33.5. The van der Waals surface area contributed by atoms with E-state index in [4.69, 9.17) is 18.9 Å². The van der Waals surface area contributed by atoms with E-state index < -0.39 is 64.5 Å². The quantitative estimate of drug-likeness (QED) is 0.169. The van der Waals surface area contributed by atoms with Crippen molar-refractivity contribution >= 4 is 30.0 Å². The molecule has 4 rings (SSSR count). The van der Waals surface area contributed by atoms with Gasteiger partial charge in [0.25, 0.3) is 0 Å². The largest absolute Gasteiger partial charge is 0.458 e. The summed E-state index contributed by atoms with van der Waals surface area (Å²) in [5.74, 6) is -3.23. The number of rotatable bonds is 11. The lowest BCUT2D eigenvalue weighted by Crippen LogP contribution is -2.75. The maximum absolute atomic E-state index is 14.8. The third-order valence-corrected chi connectivity index (χ3v) is 9.88. The summed E-state index contributed by atoms with van der Waals surface area (Å²) < 4.78 is 23.1. The van der Waals surface area contributed by atoms with Gasteiger partial charge in [0, 0.05) is 39.0 Å². The predicted octanol–water partition coefficient (Wildman–Crippen LogP) is 3.85. The number of carbonyl (C=O) groups is 5. The van der Waals surface area contributed by atoms with Crippen LogP contribution in [0.5, 0.6) is 0 Å². The molecule has 2 aliphatic carbocycles. The monoisotopic (exact) mass is 612 g/mol. The standard InChI is InChI=1S/C34H44O10/c1-20-24(43-28(39)13-12-23-10-8-7-9-11-23)14-16-32(4,5)29(20)30(42-21(2)36)31(40)33(6)25(15-17-35)34(44-22(3)37)19-41-27(34)18-26(33)38/h7-11,17,24-27,30,38H,12-16,18-19H2,1-6H3/t24-,25-,26-,27?,30+,33-,34+/m0/s1. The van der Waals surface area contributed by atoms with E-state index >= 15 is 0 Å². The SMILES string of the molecule is CC(=O)O[C@@H](C(=O)[C@]1(C)[C@@H](O)CC2OC[C@@]2(OC(C)=O)[C@H]1CC=O)C1=C(C)[C@@H](OC(=O)CCc2ccccc2)CCC1(C)C. The van der Waals surface area contributed by atoms with Gasteiger partial charge in [0.15, 0.2) is 17.5 Å². The molecule has 1 aliphatic heterocycles. The van der Waals surface area contributed by atoms with Crippen molar-refractivity contribution in [1.29, 1.82) is 0 Å². The van der Waals surface area contributed by atoms with E-state index in [1.807, 2.05) is 44.2 Å². The van der Waals surface area contributed by atoms with Crippen molar-refractivity contribution in [3.63, 3.8) is 0 Å². The molecule has 7 atom stereocenters. The summed E-state index contributed by atoms with van der Waals surface area (Å²) in [6.07, 6.45) is -1.87. The summed E-state index contributed by atoms with van der Waals surface area (Å²) >= 11 is 0. The summed E-state index contributed by atoms with van der Waals surface area (Å²) in [7, 11) is 0. The van der Waals surface area contributed by atoms with Crippen molar-refractivity contribution in [3.8, 4) is 0 Å². The predicted molar refractivity (Wildman–Crippen MR) is 158 cm³/mol. The van der Waals surface area contributed by atoms with Crippen LogP contribution in [0.3, 0.4) is 0 Å². The van der Waals surface area contributed by atoms with Gasteiger partial charge in [-0.25, -0.2) is 0 Å². The number of Topliss-reactive ketones (excluding diaryl/α,β-unsaturated/α-hetero) is 1. The highest BCUT2D eigenvalue weighted by Crippen LogP contribution is 2.57. The van der Waals surface area contributed by atoms with Gasteiger partial charge < -0.3 is 28.8 Å². The van der Waals surface area contributed by atoms with E-state index in [9.17, 15) is 29.1 Å². The van der Waals surface area contributed by atoms with Crippen molar-refractivity contribution in [1.82, 2.24) is 0 Å². The minimum Gasteiger partial charge on any atom is -0.458 e. The molecule has 1 aromatic rings. The van der Waals surface area contributed by atoms with E-state index in [0.29, 0.717) is 36.7 Å². The Morgan fingerprint density at radius 1 is 1.09 bits per heavy atom. The fourth-order valence-electron chi connectivity index (χ4n) is 7.52. The summed E-state index contributed by atoms with van der Waals surface area (Å²) in [4.78, 5) is 64.4. The highest BCUT2D eigenvalue weighted by Gasteiger charge is 2.70. The average Bonchev–Trinajstić information content (AvgIpc) is 2.95. The smallest absolute Gasteiger partial charge is 0.306 e. The molecule has 1 aromatic carbocycles. The second-order valence-corrected chi connectivity index (χ2v) is 13.2. The minimum absolute atomic E-state index is 0.0132. The topological polar surface area (TPSA) is 143 Å². The van der Waals surface area contributed by atoms with E-state index in [0.717, 1.165) is 5.56 Å². The van der Waals surface area contributed by atoms with Crippen LogP contribution in [0.2, 0.25) is 0 Å². The van der Waals surface area contributed by atoms with E-state index in [-0.39, 0.29) is 31.8 Å². The van der Waals surface area contributed by atoms with Crippen LogP contribution < -0.4 is 0 Å². The Balaban J connectivity index is 1.71. The van der Waals surface area contributed by atoms with E-state index in [1.165, 1.54) is 20.8 Å². The van der Waals surface area contributed by atoms with Crippen LogP contribution in [0.25, 0.3) is 0 Å². The number of aliphatic hydroxyl groups is 1. The molecule has 0 bridgehead atoms. The zero-order chi connectivity index (χ0) is 32.4. The maximum atomic E-state index is 14.8. The van der Waals surface area contributed by atoms with Gasteiger partial charge in [-0.05, 0) is 55.2 Å². The summed E-state index contributed by atoms with van der Waals surface area (Å²) in [6.45, 7) is 9.59. The lowest BCUT2D eigenvalue weighted by atomic mass is 9.52. The highest BCUT2D eigenvalue weighted by molar-refractivity contribution is 5.94. The Hall–Kier alpha value is -3.37. The van der Waals surface area contributed by atoms with Crippen molar-refractivity contribution < 1.29 is 48.0 Å². The summed E-state index contributed by atoms with van der Waals surface area (Å²) in [5.41, 5.74) is -1.47. The minimum atomic E-state index is -1.65. The number of aldehydes is 1. The van der Waals surface area contributed by atoms with Crippen molar-refractivity contribution in [2.24, 2.45) is 16.7 Å². The molecule has 0 aromatic heterocycles. The number of fused-ring (bicyclic) bond motifs is 1. The molecule has 2 fully saturated rings. The lowest BCUT2D eigenvalue weighted by molar-refractivity contribution is -0.317. The summed E-state index contributed by atoms with van der Waals surface area (Å²) in [6, 6.07) is 9.60. The Labute approximate surface area is 258 Å². The molecule has 10 nitrogen and oxygen atoms in total. The second kappa shape index (κ2) is 12.9. The van der Waals surface area contributed by atoms with Crippen molar-refractivity contribution in [3.05, 3.63) is 47.0 Å². The van der Waals surface area contributed by atoms with Crippen molar-refractivity contribution in [2.45, 2.75) is 110 Å². The molecule has 0 radical (unpaired) electrons. The number of ketones is 1. The second-order valence-electron chi connectivity index (χ2n) is 13.2. The molecule has 0 amide bonds. The van der Waals surface area contributed by atoms with Crippen LogP contribution in [0.15, 0.2) is 41.5 Å². The Morgan fingerprint density at radius 3 is 2.34 bits per heavy atom.